The Balaban J connectivity index is 1.46. The van der Waals surface area contributed by atoms with E-state index < -0.39 is 24.0 Å². The lowest BCUT2D eigenvalue weighted by atomic mass is 10.0. The highest BCUT2D eigenvalue weighted by molar-refractivity contribution is 5.93. The first kappa shape index (κ1) is 32.3. The van der Waals surface area contributed by atoms with Crippen molar-refractivity contribution in [3.8, 4) is 22.6 Å². The predicted octanol–water partition coefficient (Wildman–Crippen LogP) is 7.05. The third-order valence-electron chi connectivity index (χ3n) is 6.52. The first-order valence-electron chi connectivity index (χ1n) is 14.4. The van der Waals surface area contributed by atoms with E-state index in [4.69, 9.17) is 23.7 Å². The van der Waals surface area contributed by atoms with E-state index in [0.29, 0.717) is 5.56 Å². The molecule has 8 nitrogen and oxygen atoms in total. The van der Waals surface area contributed by atoms with E-state index in [-0.39, 0.29) is 24.5 Å². The molecule has 0 radical (unpaired) electrons. The molecule has 0 heterocycles. The molecule has 0 aromatic heterocycles. The summed E-state index contributed by atoms with van der Waals surface area (Å²) in [5.41, 5.74) is 2.58. The number of ether oxygens (including phenoxy) is 5. The van der Waals surface area contributed by atoms with Gasteiger partial charge in [-0.15, -0.1) is 0 Å². The second-order valence-electron chi connectivity index (χ2n) is 9.84. The molecule has 0 aliphatic carbocycles. The second kappa shape index (κ2) is 17.6. The van der Waals surface area contributed by atoms with E-state index in [0.717, 1.165) is 29.9 Å². The molecule has 224 valence electrons. The highest BCUT2D eigenvalue weighted by atomic mass is 16.6. The maximum absolute atomic E-state index is 12.7. The quantitative estimate of drug-likeness (QED) is 0.0958. The number of esters is 3. The highest BCUT2D eigenvalue weighted by Crippen LogP contribution is 2.24. The van der Waals surface area contributed by atoms with Crippen LogP contribution in [-0.2, 0) is 19.0 Å². The van der Waals surface area contributed by atoms with Gasteiger partial charge in [0.05, 0.1) is 24.3 Å². The van der Waals surface area contributed by atoms with Gasteiger partial charge in [0, 0.05) is 7.11 Å². The zero-order valence-corrected chi connectivity index (χ0v) is 24.6. The smallest absolute Gasteiger partial charge is 0.347 e. The number of hydrogen-bond donors (Lipinski definition) is 0. The van der Waals surface area contributed by atoms with Gasteiger partial charge in [0.2, 0.25) is 0 Å². The Hall–Kier alpha value is -4.17. The minimum Gasteiger partial charge on any atom is -0.494 e. The lowest BCUT2D eigenvalue weighted by Crippen LogP contribution is -2.27. The third kappa shape index (κ3) is 10.7. The van der Waals surface area contributed by atoms with Gasteiger partial charge in [-0.1, -0.05) is 63.3 Å². The van der Waals surface area contributed by atoms with Crippen LogP contribution in [0, 0.1) is 0 Å². The van der Waals surface area contributed by atoms with Gasteiger partial charge in [0.15, 0.2) is 6.10 Å². The van der Waals surface area contributed by atoms with Crippen molar-refractivity contribution in [3.05, 3.63) is 83.9 Å². The summed E-state index contributed by atoms with van der Waals surface area (Å²) in [4.78, 5) is 36.9. The molecule has 0 saturated carbocycles. The molecule has 0 aliphatic heterocycles. The van der Waals surface area contributed by atoms with E-state index in [1.54, 1.807) is 12.1 Å². The SMILES string of the molecule is CCCCCCCCOc1ccc(-c2ccc(C(=O)Oc3ccc(C(=O)OC(C)C(=O)OCCOC)cc3)cc2)cc1. The van der Waals surface area contributed by atoms with Crippen LogP contribution in [0.5, 0.6) is 11.5 Å². The van der Waals surface area contributed by atoms with Gasteiger partial charge in [-0.2, -0.15) is 0 Å². The second-order valence-corrected chi connectivity index (χ2v) is 9.84. The van der Waals surface area contributed by atoms with Crippen molar-refractivity contribution in [1.82, 2.24) is 0 Å². The summed E-state index contributed by atoms with van der Waals surface area (Å²) in [6, 6.07) is 21.0. The molecular weight excluding hydrogens is 536 g/mol. The Morgan fingerprint density at radius 2 is 1.19 bits per heavy atom. The molecule has 0 spiro atoms. The molecule has 3 aromatic rings. The van der Waals surface area contributed by atoms with Crippen molar-refractivity contribution in [2.45, 2.75) is 58.5 Å². The molecule has 0 saturated heterocycles. The zero-order valence-electron chi connectivity index (χ0n) is 24.6. The molecule has 1 unspecified atom stereocenters. The van der Waals surface area contributed by atoms with Crippen LogP contribution in [0.1, 0.15) is 73.1 Å². The molecule has 0 aliphatic rings. The normalized spacial score (nSPS) is 11.4. The van der Waals surface area contributed by atoms with Crippen molar-refractivity contribution < 1.29 is 38.1 Å². The number of rotatable bonds is 17. The molecule has 1 atom stereocenters. The van der Waals surface area contributed by atoms with Crippen molar-refractivity contribution in [1.29, 1.82) is 0 Å². The minimum atomic E-state index is -1.07. The van der Waals surface area contributed by atoms with Crippen LogP contribution in [-0.4, -0.2) is 50.9 Å². The Bertz CT molecular complexity index is 1250. The molecule has 0 amide bonds. The van der Waals surface area contributed by atoms with Gasteiger partial charge in [0.1, 0.15) is 18.1 Å². The Morgan fingerprint density at radius 3 is 1.83 bits per heavy atom. The largest absolute Gasteiger partial charge is 0.494 e. The van der Waals surface area contributed by atoms with Crippen LogP contribution in [0.3, 0.4) is 0 Å². The Labute approximate surface area is 247 Å². The molecule has 42 heavy (non-hydrogen) atoms. The van der Waals surface area contributed by atoms with Crippen LogP contribution in [0.4, 0.5) is 0 Å². The third-order valence-corrected chi connectivity index (χ3v) is 6.52. The maximum Gasteiger partial charge on any atom is 0.347 e. The van der Waals surface area contributed by atoms with E-state index in [1.807, 2.05) is 36.4 Å². The maximum atomic E-state index is 12.7. The van der Waals surface area contributed by atoms with Crippen LogP contribution in [0.15, 0.2) is 72.8 Å². The summed E-state index contributed by atoms with van der Waals surface area (Å²) >= 11 is 0. The highest BCUT2D eigenvalue weighted by Gasteiger charge is 2.20. The van der Waals surface area contributed by atoms with Gasteiger partial charge < -0.3 is 23.7 Å². The average molecular weight is 577 g/mol. The summed E-state index contributed by atoms with van der Waals surface area (Å²) in [6.45, 7) is 4.69. The molecule has 8 heteroatoms. The summed E-state index contributed by atoms with van der Waals surface area (Å²) in [5, 5.41) is 0. The standard InChI is InChI=1S/C34H40O8/c1-4-5-6-7-8-9-22-39-30-18-14-27(15-19-30)26-10-12-28(13-11-26)34(37)42-31-20-16-29(17-21-31)33(36)41-25(2)32(35)40-24-23-38-3/h10-21,25H,4-9,22-24H2,1-3H3. The zero-order chi connectivity index (χ0) is 30.2. The number of carbonyl (C=O) groups excluding carboxylic acids is 3. The summed E-state index contributed by atoms with van der Waals surface area (Å²) in [7, 11) is 1.49. The average Bonchev–Trinajstić information content (AvgIpc) is 3.01. The fourth-order valence-electron chi connectivity index (χ4n) is 4.06. The van der Waals surface area contributed by atoms with E-state index in [1.165, 1.54) is 70.4 Å². The van der Waals surface area contributed by atoms with E-state index in [2.05, 4.69) is 6.92 Å². The van der Waals surface area contributed by atoms with Crippen LogP contribution in [0.2, 0.25) is 0 Å². The van der Waals surface area contributed by atoms with E-state index >= 15 is 0 Å². The molecule has 0 N–H and O–H groups in total. The lowest BCUT2D eigenvalue weighted by Gasteiger charge is -2.13. The van der Waals surface area contributed by atoms with Crippen molar-refractivity contribution in [3.63, 3.8) is 0 Å². The number of benzene rings is 3. The van der Waals surface area contributed by atoms with Gasteiger partial charge in [-0.3, -0.25) is 0 Å². The molecular formula is C34H40O8. The topological polar surface area (TPSA) is 97.4 Å². The minimum absolute atomic E-state index is 0.0714. The molecule has 0 bridgehead atoms. The summed E-state index contributed by atoms with van der Waals surface area (Å²) < 4.78 is 26.2. The molecule has 3 rings (SSSR count). The molecule has 3 aromatic carbocycles. The number of methoxy groups -OCH3 is 1. The van der Waals surface area contributed by atoms with Crippen LogP contribution >= 0.6 is 0 Å². The van der Waals surface area contributed by atoms with Crippen molar-refractivity contribution in [2.24, 2.45) is 0 Å². The fraction of sp³-hybridized carbons (Fsp3) is 0.382. The number of hydrogen-bond acceptors (Lipinski definition) is 8. The van der Waals surface area contributed by atoms with Crippen LogP contribution < -0.4 is 9.47 Å². The summed E-state index contributed by atoms with van der Waals surface area (Å²) in [5.74, 6) is -0.771. The van der Waals surface area contributed by atoms with Crippen molar-refractivity contribution >= 4 is 17.9 Å². The Kier molecular flexibility index (Phi) is 13.6. The van der Waals surface area contributed by atoms with Gasteiger partial charge >= 0.3 is 17.9 Å². The summed E-state index contributed by atoms with van der Waals surface area (Å²) in [6.07, 6.45) is 6.30. The first-order valence-corrected chi connectivity index (χ1v) is 14.4. The van der Waals surface area contributed by atoms with Gasteiger partial charge in [0.25, 0.3) is 0 Å². The first-order chi connectivity index (χ1) is 20.4. The monoisotopic (exact) mass is 576 g/mol. The van der Waals surface area contributed by atoms with E-state index in [9.17, 15) is 14.4 Å². The fourth-order valence-corrected chi connectivity index (χ4v) is 4.06. The number of carbonyl (C=O) groups is 3. The molecule has 0 fully saturated rings. The van der Waals surface area contributed by atoms with Crippen molar-refractivity contribution in [2.75, 3.05) is 26.9 Å². The lowest BCUT2D eigenvalue weighted by molar-refractivity contribution is -0.154. The Morgan fingerprint density at radius 1 is 0.643 bits per heavy atom. The van der Waals surface area contributed by atoms with Gasteiger partial charge in [-0.25, -0.2) is 14.4 Å². The predicted molar refractivity (Wildman–Crippen MR) is 160 cm³/mol. The van der Waals surface area contributed by atoms with Gasteiger partial charge in [-0.05, 0) is 73.0 Å². The number of unbranched alkanes of at least 4 members (excludes halogenated alkanes) is 5. The van der Waals surface area contributed by atoms with Crippen LogP contribution in [0.25, 0.3) is 11.1 Å².